The molecule has 0 aliphatic carbocycles. The van der Waals surface area contributed by atoms with Gasteiger partial charge in [0, 0.05) is 19.6 Å². The lowest BCUT2D eigenvalue weighted by molar-refractivity contribution is 0.168. The molecule has 2 heteroatoms. The Balaban J connectivity index is 4.03. The summed E-state index contributed by atoms with van der Waals surface area (Å²) in [7, 11) is 2.24. The summed E-state index contributed by atoms with van der Waals surface area (Å²) in [4.78, 5) is 2.47. The van der Waals surface area contributed by atoms with Gasteiger partial charge >= 0.3 is 0 Å². The molecule has 0 radical (unpaired) electrons. The van der Waals surface area contributed by atoms with E-state index in [4.69, 9.17) is 0 Å². The molecule has 0 aliphatic heterocycles. The highest BCUT2D eigenvalue weighted by molar-refractivity contribution is 4.79. The van der Waals surface area contributed by atoms with Crippen LogP contribution in [0.25, 0.3) is 0 Å². The molecule has 0 saturated carbocycles. The minimum atomic E-state index is 0.415. The predicted octanol–water partition coefficient (Wildman–Crippen LogP) is 2.99. The van der Waals surface area contributed by atoms with Crippen molar-refractivity contribution >= 4 is 0 Å². The van der Waals surface area contributed by atoms with E-state index in [9.17, 15) is 0 Å². The van der Waals surface area contributed by atoms with Crippen molar-refractivity contribution in [2.45, 2.75) is 47.5 Å². The van der Waals surface area contributed by atoms with Crippen molar-refractivity contribution in [1.29, 1.82) is 0 Å². The van der Waals surface area contributed by atoms with Crippen LogP contribution in [0.3, 0.4) is 0 Å². The first-order valence-electron chi connectivity index (χ1n) is 6.82. The first-order chi connectivity index (χ1) is 7.43. The molecule has 1 atom stereocenters. The molecule has 1 unspecified atom stereocenters. The summed E-state index contributed by atoms with van der Waals surface area (Å²) < 4.78 is 0. The van der Waals surface area contributed by atoms with Gasteiger partial charge in [-0.2, -0.15) is 0 Å². The monoisotopic (exact) mass is 228 g/mol. The van der Waals surface area contributed by atoms with Gasteiger partial charge in [-0.3, -0.25) is 0 Å². The third kappa shape index (κ3) is 7.24. The molecule has 0 fully saturated rings. The molecule has 0 bridgehead atoms. The molecule has 0 rings (SSSR count). The summed E-state index contributed by atoms with van der Waals surface area (Å²) in [6.07, 6.45) is 2.47. The summed E-state index contributed by atoms with van der Waals surface area (Å²) >= 11 is 0. The van der Waals surface area contributed by atoms with Crippen LogP contribution in [-0.4, -0.2) is 38.1 Å². The third-order valence-electron chi connectivity index (χ3n) is 3.16. The molecular formula is C14H32N2. The lowest BCUT2D eigenvalue weighted by atomic mass is 9.86. The minimum Gasteiger partial charge on any atom is -0.316 e. The Bertz CT molecular complexity index is 168. The minimum absolute atomic E-state index is 0.415. The van der Waals surface area contributed by atoms with E-state index in [1.165, 1.54) is 25.9 Å². The highest BCUT2D eigenvalue weighted by Crippen LogP contribution is 2.21. The van der Waals surface area contributed by atoms with Gasteiger partial charge in [-0.25, -0.2) is 0 Å². The standard InChI is InChI=1S/C14H32N2/c1-7-9-15-11-14(5,8-2)12-16(6)10-13(3)4/h13,15H,7-12H2,1-6H3. The Morgan fingerprint density at radius 1 is 1.25 bits per heavy atom. The number of hydrogen-bond donors (Lipinski definition) is 1. The van der Waals surface area contributed by atoms with Gasteiger partial charge in [0.1, 0.15) is 0 Å². The second-order valence-corrected chi connectivity index (χ2v) is 5.93. The lowest BCUT2D eigenvalue weighted by Gasteiger charge is -2.34. The van der Waals surface area contributed by atoms with Crippen LogP contribution in [0.1, 0.15) is 47.5 Å². The third-order valence-corrected chi connectivity index (χ3v) is 3.16. The first kappa shape index (κ1) is 15.9. The molecule has 0 spiro atoms. The summed E-state index contributed by atoms with van der Waals surface area (Å²) in [5.41, 5.74) is 0.415. The number of hydrogen-bond acceptors (Lipinski definition) is 2. The molecular weight excluding hydrogens is 196 g/mol. The normalized spacial score (nSPS) is 15.8. The molecule has 0 amide bonds. The molecule has 0 heterocycles. The van der Waals surface area contributed by atoms with Crippen molar-refractivity contribution in [3.05, 3.63) is 0 Å². The van der Waals surface area contributed by atoms with Crippen LogP contribution in [0.5, 0.6) is 0 Å². The van der Waals surface area contributed by atoms with Crippen molar-refractivity contribution in [2.24, 2.45) is 11.3 Å². The molecule has 2 nitrogen and oxygen atoms in total. The van der Waals surface area contributed by atoms with Gasteiger partial charge in [0.15, 0.2) is 0 Å². The maximum Gasteiger partial charge on any atom is 0.00444 e. The van der Waals surface area contributed by atoms with Gasteiger partial charge in [0.25, 0.3) is 0 Å². The zero-order chi connectivity index (χ0) is 12.6. The highest BCUT2D eigenvalue weighted by atomic mass is 15.1. The summed E-state index contributed by atoms with van der Waals surface area (Å²) in [6.45, 7) is 16.2. The molecule has 0 aromatic carbocycles. The number of nitrogens with zero attached hydrogens (tertiary/aromatic N) is 1. The fraction of sp³-hybridized carbons (Fsp3) is 1.00. The quantitative estimate of drug-likeness (QED) is 0.610. The first-order valence-corrected chi connectivity index (χ1v) is 6.82. The fourth-order valence-electron chi connectivity index (χ4n) is 2.20. The van der Waals surface area contributed by atoms with Crippen molar-refractivity contribution in [3.63, 3.8) is 0 Å². The van der Waals surface area contributed by atoms with E-state index in [-0.39, 0.29) is 0 Å². The van der Waals surface area contributed by atoms with E-state index >= 15 is 0 Å². The van der Waals surface area contributed by atoms with Crippen LogP contribution in [0.4, 0.5) is 0 Å². The number of nitrogens with one attached hydrogen (secondary N) is 1. The second kappa shape index (κ2) is 8.08. The van der Waals surface area contributed by atoms with E-state index < -0.39 is 0 Å². The van der Waals surface area contributed by atoms with Crippen LogP contribution in [0.15, 0.2) is 0 Å². The SMILES string of the molecule is CCCNCC(C)(CC)CN(C)CC(C)C. The molecule has 98 valence electrons. The van der Waals surface area contributed by atoms with E-state index in [1.54, 1.807) is 0 Å². The van der Waals surface area contributed by atoms with E-state index in [2.05, 4.69) is 51.9 Å². The Morgan fingerprint density at radius 3 is 2.31 bits per heavy atom. The molecule has 0 aromatic rings. The maximum absolute atomic E-state index is 3.56. The van der Waals surface area contributed by atoms with Crippen LogP contribution in [0, 0.1) is 11.3 Å². The Kier molecular flexibility index (Phi) is 8.04. The zero-order valence-corrected chi connectivity index (χ0v) is 12.3. The summed E-state index contributed by atoms with van der Waals surface area (Å²) in [6, 6.07) is 0. The maximum atomic E-state index is 3.56. The van der Waals surface area contributed by atoms with E-state index in [0.29, 0.717) is 5.41 Å². The second-order valence-electron chi connectivity index (χ2n) is 5.93. The Hall–Kier alpha value is -0.0800. The smallest absolute Gasteiger partial charge is 0.00444 e. The Labute approximate surface area is 103 Å². The van der Waals surface area contributed by atoms with Gasteiger partial charge < -0.3 is 10.2 Å². The average molecular weight is 228 g/mol. The van der Waals surface area contributed by atoms with Crippen LogP contribution in [-0.2, 0) is 0 Å². The molecule has 0 saturated heterocycles. The largest absolute Gasteiger partial charge is 0.316 e. The van der Waals surface area contributed by atoms with Gasteiger partial charge in [0.05, 0.1) is 0 Å². The fourth-order valence-corrected chi connectivity index (χ4v) is 2.20. The molecule has 16 heavy (non-hydrogen) atoms. The topological polar surface area (TPSA) is 15.3 Å². The van der Waals surface area contributed by atoms with Gasteiger partial charge in [0.2, 0.25) is 0 Å². The average Bonchev–Trinajstić information content (AvgIpc) is 2.16. The van der Waals surface area contributed by atoms with Crippen LogP contribution >= 0.6 is 0 Å². The van der Waals surface area contributed by atoms with Crippen LogP contribution < -0.4 is 5.32 Å². The van der Waals surface area contributed by atoms with Gasteiger partial charge in [-0.05, 0) is 37.8 Å². The zero-order valence-electron chi connectivity index (χ0n) is 12.3. The molecule has 0 aromatic heterocycles. The Morgan fingerprint density at radius 2 is 1.88 bits per heavy atom. The highest BCUT2D eigenvalue weighted by Gasteiger charge is 2.23. The summed E-state index contributed by atoms with van der Waals surface area (Å²) in [5.74, 6) is 0.759. The predicted molar refractivity (Wildman–Crippen MR) is 73.9 cm³/mol. The molecule has 0 aliphatic rings. The van der Waals surface area contributed by atoms with Crippen molar-refractivity contribution < 1.29 is 0 Å². The lowest BCUT2D eigenvalue weighted by Crippen LogP contribution is -2.41. The van der Waals surface area contributed by atoms with Crippen LogP contribution in [0.2, 0.25) is 0 Å². The van der Waals surface area contributed by atoms with Gasteiger partial charge in [-0.1, -0.05) is 34.6 Å². The van der Waals surface area contributed by atoms with Gasteiger partial charge in [-0.15, -0.1) is 0 Å². The summed E-state index contributed by atoms with van der Waals surface area (Å²) in [5, 5.41) is 3.56. The van der Waals surface area contributed by atoms with Crippen molar-refractivity contribution in [2.75, 3.05) is 33.2 Å². The molecule has 1 N–H and O–H groups in total. The van der Waals surface area contributed by atoms with Crippen molar-refractivity contribution in [3.8, 4) is 0 Å². The number of rotatable bonds is 9. The van der Waals surface area contributed by atoms with Crippen molar-refractivity contribution in [1.82, 2.24) is 10.2 Å². The van der Waals surface area contributed by atoms with E-state index in [1.807, 2.05) is 0 Å². The van der Waals surface area contributed by atoms with E-state index in [0.717, 1.165) is 19.0 Å².